The fourth-order valence-electron chi connectivity index (χ4n) is 3.47. The van der Waals surface area contributed by atoms with Crippen LogP contribution in [0.2, 0.25) is 0 Å². The summed E-state index contributed by atoms with van der Waals surface area (Å²) in [4.78, 5) is 2.74. The fraction of sp³-hybridized carbons (Fsp3) is 1.00. The Morgan fingerprint density at radius 2 is 1.81 bits per heavy atom. The van der Waals surface area contributed by atoms with Crippen LogP contribution in [0.15, 0.2) is 0 Å². The zero-order valence-electron chi connectivity index (χ0n) is 10.7. The van der Waals surface area contributed by atoms with Gasteiger partial charge in [-0.15, -0.1) is 0 Å². The first-order valence-corrected chi connectivity index (χ1v) is 8.18. The summed E-state index contributed by atoms with van der Waals surface area (Å²) in [5.41, 5.74) is 0.592. The number of hydrogen-bond donors (Lipinski definition) is 0. The molecule has 0 aromatic heterocycles. The van der Waals surface area contributed by atoms with E-state index in [4.69, 9.17) is 0 Å². The average Bonchev–Trinajstić information content (AvgIpc) is 2.56. The molecule has 1 nitrogen and oxygen atoms in total. The molecule has 16 heavy (non-hydrogen) atoms. The third-order valence-corrected chi connectivity index (χ3v) is 5.87. The van der Waals surface area contributed by atoms with Crippen LogP contribution >= 0.6 is 15.9 Å². The maximum Gasteiger partial charge on any atom is 0.0100 e. The normalized spacial score (nSPS) is 31.5. The van der Waals surface area contributed by atoms with Crippen LogP contribution < -0.4 is 0 Å². The molecule has 1 saturated carbocycles. The lowest BCUT2D eigenvalue weighted by Crippen LogP contribution is -2.40. The first-order chi connectivity index (χ1) is 7.76. The van der Waals surface area contributed by atoms with Gasteiger partial charge < -0.3 is 4.90 Å². The second kappa shape index (κ2) is 5.86. The van der Waals surface area contributed by atoms with Gasteiger partial charge in [0.05, 0.1) is 0 Å². The zero-order valence-corrected chi connectivity index (χ0v) is 12.3. The van der Waals surface area contributed by atoms with E-state index in [0.29, 0.717) is 5.41 Å². The standard InChI is InChI=1S/C14H26BrN/c1-13-7-6-10-16(13)12-14(11-15)8-4-2-3-5-9-14/h13H,2-12H2,1H3. The molecule has 0 amide bonds. The van der Waals surface area contributed by atoms with E-state index in [1.807, 2.05) is 0 Å². The van der Waals surface area contributed by atoms with Crippen molar-refractivity contribution in [2.75, 3.05) is 18.4 Å². The van der Waals surface area contributed by atoms with Crippen LogP contribution in [-0.4, -0.2) is 29.4 Å². The van der Waals surface area contributed by atoms with Crippen molar-refractivity contribution < 1.29 is 0 Å². The summed E-state index contributed by atoms with van der Waals surface area (Å²) in [5.74, 6) is 0. The molecule has 2 fully saturated rings. The largest absolute Gasteiger partial charge is 0.300 e. The van der Waals surface area contributed by atoms with Crippen LogP contribution in [0.3, 0.4) is 0 Å². The maximum absolute atomic E-state index is 3.80. The fourth-order valence-corrected chi connectivity index (χ4v) is 4.21. The summed E-state index contributed by atoms with van der Waals surface area (Å²) >= 11 is 3.80. The maximum atomic E-state index is 3.80. The van der Waals surface area contributed by atoms with Crippen molar-refractivity contribution in [1.29, 1.82) is 0 Å². The molecule has 0 spiro atoms. The van der Waals surface area contributed by atoms with Gasteiger partial charge in [-0.3, -0.25) is 0 Å². The van der Waals surface area contributed by atoms with E-state index in [9.17, 15) is 0 Å². The third-order valence-electron chi connectivity index (χ3n) is 4.68. The highest BCUT2D eigenvalue weighted by atomic mass is 79.9. The zero-order chi connectivity index (χ0) is 11.4. The summed E-state index contributed by atoms with van der Waals surface area (Å²) < 4.78 is 0. The van der Waals surface area contributed by atoms with Crippen molar-refractivity contribution in [3.05, 3.63) is 0 Å². The van der Waals surface area contributed by atoms with Gasteiger partial charge in [0.1, 0.15) is 0 Å². The lowest BCUT2D eigenvalue weighted by Gasteiger charge is -2.37. The quantitative estimate of drug-likeness (QED) is 0.555. The van der Waals surface area contributed by atoms with Crippen LogP contribution in [0.1, 0.15) is 58.3 Å². The van der Waals surface area contributed by atoms with Crippen LogP contribution in [0.5, 0.6) is 0 Å². The first kappa shape index (κ1) is 12.9. The number of alkyl halides is 1. The first-order valence-electron chi connectivity index (χ1n) is 7.06. The van der Waals surface area contributed by atoms with Gasteiger partial charge in [-0.05, 0) is 44.6 Å². The molecule has 1 aliphatic heterocycles. The second-order valence-corrected chi connectivity index (χ2v) is 6.57. The number of nitrogens with zero attached hydrogens (tertiary/aromatic N) is 1. The van der Waals surface area contributed by atoms with Gasteiger partial charge >= 0.3 is 0 Å². The van der Waals surface area contributed by atoms with Crippen molar-refractivity contribution in [3.63, 3.8) is 0 Å². The molecular formula is C14H26BrN. The van der Waals surface area contributed by atoms with Gasteiger partial charge in [-0.1, -0.05) is 41.6 Å². The second-order valence-electron chi connectivity index (χ2n) is 6.01. The molecule has 0 bridgehead atoms. The number of likely N-dealkylation sites (tertiary alicyclic amines) is 1. The molecule has 1 aliphatic carbocycles. The third kappa shape index (κ3) is 3.01. The Morgan fingerprint density at radius 3 is 2.31 bits per heavy atom. The summed E-state index contributed by atoms with van der Waals surface area (Å²) in [7, 11) is 0. The lowest BCUT2D eigenvalue weighted by molar-refractivity contribution is 0.146. The van der Waals surface area contributed by atoms with Crippen molar-refractivity contribution in [2.45, 2.75) is 64.3 Å². The Hall–Kier alpha value is 0.440. The summed E-state index contributed by atoms with van der Waals surface area (Å²) in [6.07, 6.45) is 11.6. The van der Waals surface area contributed by atoms with E-state index < -0.39 is 0 Å². The molecule has 1 atom stereocenters. The molecule has 0 radical (unpaired) electrons. The SMILES string of the molecule is CC1CCCN1CC1(CBr)CCCCCC1. The minimum absolute atomic E-state index is 0.592. The molecule has 1 heterocycles. The van der Waals surface area contributed by atoms with E-state index in [1.165, 1.54) is 69.8 Å². The summed E-state index contributed by atoms with van der Waals surface area (Å²) in [6.45, 7) is 5.10. The van der Waals surface area contributed by atoms with Crippen molar-refractivity contribution in [2.24, 2.45) is 5.41 Å². The van der Waals surface area contributed by atoms with Crippen molar-refractivity contribution in [1.82, 2.24) is 4.90 Å². The molecule has 2 aliphatic rings. The molecular weight excluding hydrogens is 262 g/mol. The highest BCUT2D eigenvalue weighted by Gasteiger charge is 2.34. The topological polar surface area (TPSA) is 3.24 Å². The highest BCUT2D eigenvalue weighted by molar-refractivity contribution is 9.09. The predicted molar refractivity (Wildman–Crippen MR) is 74.2 cm³/mol. The van der Waals surface area contributed by atoms with Crippen LogP contribution in [0.4, 0.5) is 0 Å². The van der Waals surface area contributed by atoms with E-state index in [2.05, 4.69) is 27.8 Å². The number of halogens is 1. The van der Waals surface area contributed by atoms with Gasteiger partial charge in [0, 0.05) is 17.9 Å². The molecule has 0 N–H and O–H groups in total. The average molecular weight is 288 g/mol. The van der Waals surface area contributed by atoms with Gasteiger partial charge in [0.15, 0.2) is 0 Å². The Kier molecular flexibility index (Phi) is 4.72. The van der Waals surface area contributed by atoms with E-state index >= 15 is 0 Å². The monoisotopic (exact) mass is 287 g/mol. The Bertz CT molecular complexity index is 209. The van der Waals surface area contributed by atoms with Gasteiger partial charge in [-0.25, -0.2) is 0 Å². The smallest absolute Gasteiger partial charge is 0.0100 e. The van der Waals surface area contributed by atoms with Gasteiger partial charge in [-0.2, -0.15) is 0 Å². The predicted octanol–water partition coefficient (Wildman–Crippen LogP) is 4.21. The molecule has 1 unspecified atom stereocenters. The number of hydrogen-bond acceptors (Lipinski definition) is 1. The molecule has 2 heteroatoms. The number of rotatable bonds is 3. The Balaban J connectivity index is 1.96. The molecule has 0 aromatic rings. The molecule has 1 saturated heterocycles. The minimum atomic E-state index is 0.592. The van der Waals surface area contributed by atoms with Gasteiger partial charge in [0.25, 0.3) is 0 Å². The highest BCUT2D eigenvalue weighted by Crippen LogP contribution is 2.38. The van der Waals surface area contributed by atoms with Crippen LogP contribution in [0.25, 0.3) is 0 Å². The van der Waals surface area contributed by atoms with Crippen LogP contribution in [0, 0.1) is 5.41 Å². The van der Waals surface area contributed by atoms with Gasteiger partial charge in [0.2, 0.25) is 0 Å². The van der Waals surface area contributed by atoms with E-state index in [1.54, 1.807) is 0 Å². The summed E-state index contributed by atoms with van der Waals surface area (Å²) in [6, 6.07) is 0.833. The molecule has 2 rings (SSSR count). The van der Waals surface area contributed by atoms with Crippen molar-refractivity contribution >= 4 is 15.9 Å². The van der Waals surface area contributed by atoms with E-state index in [0.717, 1.165) is 6.04 Å². The Labute approximate surface area is 109 Å². The van der Waals surface area contributed by atoms with E-state index in [-0.39, 0.29) is 0 Å². The molecule has 94 valence electrons. The van der Waals surface area contributed by atoms with Crippen molar-refractivity contribution in [3.8, 4) is 0 Å². The molecule has 0 aromatic carbocycles. The van der Waals surface area contributed by atoms with Crippen LogP contribution in [-0.2, 0) is 0 Å². The Morgan fingerprint density at radius 1 is 1.12 bits per heavy atom. The minimum Gasteiger partial charge on any atom is -0.300 e. The summed E-state index contributed by atoms with van der Waals surface area (Å²) in [5, 5.41) is 1.21. The lowest BCUT2D eigenvalue weighted by atomic mass is 9.82.